The van der Waals surface area contributed by atoms with Crippen LogP contribution in [0.5, 0.6) is 11.5 Å². The smallest absolute Gasteiger partial charge is 0.407 e. The number of alkyl carbamates (subject to hydrolysis) is 1. The Hall–Kier alpha value is -2.21. The topological polar surface area (TPSA) is 79.8 Å². The summed E-state index contributed by atoms with van der Waals surface area (Å²) < 4.78 is 10.2. The van der Waals surface area contributed by atoms with Gasteiger partial charge in [0.2, 0.25) is 0 Å². The van der Waals surface area contributed by atoms with E-state index >= 15 is 0 Å². The molecule has 3 N–H and O–H groups in total. The van der Waals surface area contributed by atoms with Gasteiger partial charge in [-0.25, -0.2) is 4.79 Å². The lowest BCUT2D eigenvalue weighted by molar-refractivity contribution is 0.0534. The minimum absolute atomic E-state index is 0.230. The van der Waals surface area contributed by atoms with E-state index < -0.39 is 11.7 Å². The first-order chi connectivity index (χ1) is 10.8. The van der Waals surface area contributed by atoms with Crippen molar-refractivity contribution in [3.05, 3.63) is 35.9 Å². The van der Waals surface area contributed by atoms with Crippen molar-refractivity contribution in [2.24, 2.45) is 0 Å². The number of hydrogen-bond donors (Lipinski definition) is 3. The molecule has 0 unspecified atom stereocenters. The van der Waals surface area contributed by atoms with Gasteiger partial charge in [0.15, 0.2) is 0 Å². The molecule has 1 aromatic rings. The number of rotatable bonds is 7. The zero-order valence-corrected chi connectivity index (χ0v) is 14.2. The van der Waals surface area contributed by atoms with Crippen LogP contribution in [-0.2, 0) is 11.3 Å². The Morgan fingerprint density at radius 3 is 2.61 bits per heavy atom. The van der Waals surface area contributed by atoms with Crippen LogP contribution in [0.2, 0.25) is 0 Å². The number of methoxy groups -OCH3 is 1. The molecule has 0 heterocycles. The molecule has 0 bridgehead atoms. The van der Waals surface area contributed by atoms with E-state index in [9.17, 15) is 9.90 Å². The van der Waals surface area contributed by atoms with E-state index in [1.807, 2.05) is 32.9 Å². The van der Waals surface area contributed by atoms with E-state index in [0.717, 1.165) is 5.56 Å². The predicted molar refractivity (Wildman–Crippen MR) is 89.7 cm³/mol. The average Bonchev–Trinajstić information content (AvgIpc) is 2.46. The van der Waals surface area contributed by atoms with E-state index in [0.29, 0.717) is 25.4 Å². The van der Waals surface area contributed by atoms with Crippen molar-refractivity contribution in [3.63, 3.8) is 0 Å². The highest BCUT2D eigenvalue weighted by Crippen LogP contribution is 2.22. The molecule has 0 aromatic heterocycles. The van der Waals surface area contributed by atoms with Gasteiger partial charge < -0.3 is 25.2 Å². The number of phenols is 1. The molecular weight excluding hydrogens is 296 g/mol. The Bertz CT molecular complexity index is 536. The molecule has 0 atom stereocenters. The van der Waals surface area contributed by atoms with Gasteiger partial charge in [-0.1, -0.05) is 12.2 Å². The van der Waals surface area contributed by atoms with Gasteiger partial charge in [0, 0.05) is 25.2 Å². The second-order valence-corrected chi connectivity index (χ2v) is 5.98. The average molecular weight is 322 g/mol. The summed E-state index contributed by atoms with van der Waals surface area (Å²) in [5.74, 6) is 0.936. The molecule has 1 rings (SSSR count). The first kappa shape index (κ1) is 18.8. The van der Waals surface area contributed by atoms with Crippen molar-refractivity contribution in [2.75, 3.05) is 20.2 Å². The maximum absolute atomic E-state index is 11.4. The van der Waals surface area contributed by atoms with Gasteiger partial charge in [0.05, 0.1) is 7.11 Å². The third-order valence-electron chi connectivity index (χ3n) is 2.79. The summed E-state index contributed by atoms with van der Waals surface area (Å²) >= 11 is 0. The predicted octanol–water partition coefficient (Wildman–Crippen LogP) is 2.57. The lowest BCUT2D eigenvalue weighted by Crippen LogP contribution is -2.32. The van der Waals surface area contributed by atoms with E-state index in [1.54, 1.807) is 25.3 Å². The van der Waals surface area contributed by atoms with Crippen molar-refractivity contribution in [2.45, 2.75) is 32.9 Å². The van der Waals surface area contributed by atoms with E-state index in [-0.39, 0.29) is 5.75 Å². The fraction of sp³-hybridized carbons (Fsp3) is 0.471. The standard InChI is InChI=1S/C17H26N2O4/c1-17(2,3)23-16(21)19-10-6-5-9-18-12-13-11-14(22-4)7-8-15(13)20/h5-8,11,18,20H,9-10,12H2,1-4H3,(H,19,21)/b6-5+. The molecule has 6 heteroatoms. The van der Waals surface area contributed by atoms with Gasteiger partial charge in [0.1, 0.15) is 17.1 Å². The fourth-order valence-electron chi connectivity index (χ4n) is 1.74. The molecular formula is C17H26N2O4. The highest BCUT2D eigenvalue weighted by Gasteiger charge is 2.14. The minimum atomic E-state index is -0.492. The third-order valence-corrected chi connectivity index (χ3v) is 2.79. The van der Waals surface area contributed by atoms with Crippen molar-refractivity contribution < 1.29 is 19.4 Å². The number of carbonyl (C=O) groups excluding carboxylic acids is 1. The molecule has 0 saturated heterocycles. The van der Waals surface area contributed by atoms with Crippen LogP contribution in [0.15, 0.2) is 30.4 Å². The molecule has 0 spiro atoms. The number of carbonyl (C=O) groups is 1. The monoisotopic (exact) mass is 322 g/mol. The lowest BCUT2D eigenvalue weighted by Gasteiger charge is -2.19. The summed E-state index contributed by atoms with van der Waals surface area (Å²) in [5, 5.41) is 15.6. The summed E-state index contributed by atoms with van der Waals surface area (Å²) in [7, 11) is 1.59. The summed E-state index contributed by atoms with van der Waals surface area (Å²) in [4.78, 5) is 11.4. The van der Waals surface area contributed by atoms with Crippen LogP contribution in [0.4, 0.5) is 4.79 Å². The summed E-state index contributed by atoms with van der Waals surface area (Å²) in [6.07, 6.45) is 3.30. The van der Waals surface area contributed by atoms with Crippen molar-refractivity contribution in [1.82, 2.24) is 10.6 Å². The molecule has 0 radical (unpaired) electrons. The minimum Gasteiger partial charge on any atom is -0.508 e. The Balaban J connectivity index is 2.23. The fourth-order valence-corrected chi connectivity index (χ4v) is 1.74. The maximum Gasteiger partial charge on any atom is 0.407 e. The molecule has 1 aromatic carbocycles. The van der Waals surface area contributed by atoms with Crippen LogP contribution in [0.3, 0.4) is 0 Å². The third kappa shape index (κ3) is 8.11. The second-order valence-electron chi connectivity index (χ2n) is 5.98. The molecule has 0 aliphatic carbocycles. The lowest BCUT2D eigenvalue weighted by atomic mass is 10.2. The number of hydrogen-bond acceptors (Lipinski definition) is 5. The van der Waals surface area contributed by atoms with Gasteiger partial charge in [-0.2, -0.15) is 0 Å². The van der Waals surface area contributed by atoms with Gasteiger partial charge in [-0.05, 0) is 39.0 Å². The number of aromatic hydroxyl groups is 1. The number of nitrogens with one attached hydrogen (secondary N) is 2. The molecule has 1 amide bonds. The van der Waals surface area contributed by atoms with E-state index in [4.69, 9.17) is 9.47 Å². The summed E-state index contributed by atoms with van der Waals surface area (Å²) in [6, 6.07) is 5.10. The maximum atomic E-state index is 11.4. The van der Waals surface area contributed by atoms with Crippen LogP contribution >= 0.6 is 0 Å². The zero-order chi connectivity index (χ0) is 17.3. The van der Waals surface area contributed by atoms with Gasteiger partial charge in [0.25, 0.3) is 0 Å². The normalized spacial score (nSPS) is 11.5. The quantitative estimate of drug-likeness (QED) is 0.531. The molecule has 128 valence electrons. The van der Waals surface area contributed by atoms with Gasteiger partial charge in [-0.3, -0.25) is 0 Å². The molecule has 6 nitrogen and oxygen atoms in total. The van der Waals surface area contributed by atoms with Gasteiger partial charge >= 0.3 is 6.09 Å². The number of amides is 1. The van der Waals surface area contributed by atoms with Crippen LogP contribution in [0.1, 0.15) is 26.3 Å². The number of ether oxygens (including phenoxy) is 2. The highest BCUT2D eigenvalue weighted by atomic mass is 16.6. The molecule has 0 aliphatic heterocycles. The second kappa shape index (κ2) is 9.05. The summed E-state index contributed by atoms with van der Waals surface area (Å²) in [6.45, 7) is 7.00. The van der Waals surface area contributed by atoms with Crippen molar-refractivity contribution in [3.8, 4) is 11.5 Å². The van der Waals surface area contributed by atoms with Crippen molar-refractivity contribution in [1.29, 1.82) is 0 Å². The molecule has 0 saturated carbocycles. The Morgan fingerprint density at radius 1 is 1.26 bits per heavy atom. The largest absolute Gasteiger partial charge is 0.508 e. The zero-order valence-electron chi connectivity index (χ0n) is 14.2. The van der Waals surface area contributed by atoms with Crippen LogP contribution in [0.25, 0.3) is 0 Å². The van der Waals surface area contributed by atoms with E-state index in [1.165, 1.54) is 0 Å². The highest BCUT2D eigenvalue weighted by molar-refractivity contribution is 5.67. The van der Waals surface area contributed by atoms with Crippen LogP contribution in [-0.4, -0.2) is 37.0 Å². The van der Waals surface area contributed by atoms with Crippen LogP contribution in [0, 0.1) is 0 Å². The molecule has 0 fully saturated rings. The van der Waals surface area contributed by atoms with Crippen LogP contribution < -0.4 is 15.4 Å². The number of benzene rings is 1. The molecule has 0 aliphatic rings. The SMILES string of the molecule is COc1ccc(O)c(CNC/C=C/CNC(=O)OC(C)(C)C)c1. The first-order valence-corrected chi connectivity index (χ1v) is 7.50. The summed E-state index contributed by atoms with van der Waals surface area (Å²) in [5.41, 5.74) is 0.276. The Labute approximate surface area is 137 Å². The number of phenolic OH excluding ortho intramolecular Hbond substituents is 1. The Morgan fingerprint density at radius 2 is 1.96 bits per heavy atom. The van der Waals surface area contributed by atoms with E-state index in [2.05, 4.69) is 10.6 Å². The van der Waals surface area contributed by atoms with Gasteiger partial charge in [-0.15, -0.1) is 0 Å². The Kier molecular flexibility index (Phi) is 7.41. The first-order valence-electron chi connectivity index (χ1n) is 7.50. The van der Waals surface area contributed by atoms with Crippen molar-refractivity contribution >= 4 is 6.09 Å². The molecule has 23 heavy (non-hydrogen) atoms.